The van der Waals surface area contributed by atoms with Crippen LogP contribution in [0.25, 0.3) is 0 Å². The Bertz CT molecular complexity index is 282. The van der Waals surface area contributed by atoms with Gasteiger partial charge in [-0.05, 0) is 43.0 Å². The van der Waals surface area contributed by atoms with Crippen LogP contribution in [0.1, 0.15) is 25.7 Å². The van der Waals surface area contributed by atoms with Crippen molar-refractivity contribution in [2.45, 2.75) is 30.9 Å². The SMILES string of the molecule is N=C(N)N(SC1CC2CCC1C2)C(N)=O. The van der Waals surface area contributed by atoms with Crippen molar-refractivity contribution < 1.29 is 4.79 Å². The number of urea groups is 1. The Morgan fingerprint density at radius 3 is 2.47 bits per heavy atom. The number of carbonyl (C=O) groups is 1. The number of primary amides is 1. The van der Waals surface area contributed by atoms with E-state index in [-0.39, 0.29) is 5.96 Å². The van der Waals surface area contributed by atoms with Crippen molar-refractivity contribution in [3.63, 3.8) is 0 Å². The van der Waals surface area contributed by atoms with Crippen molar-refractivity contribution in [3.8, 4) is 0 Å². The average Bonchev–Trinajstić information content (AvgIpc) is 2.73. The summed E-state index contributed by atoms with van der Waals surface area (Å²) in [5.41, 5.74) is 10.5. The summed E-state index contributed by atoms with van der Waals surface area (Å²) in [5, 5.41) is 7.68. The van der Waals surface area contributed by atoms with E-state index in [1.807, 2.05) is 0 Å². The van der Waals surface area contributed by atoms with Gasteiger partial charge in [-0.15, -0.1) is 0 Å². The molecule has 2 amide bonds. The molecule has 2 bridgehead atoms. The molecule has 2 saturated carbocycles. The van der Waals surface area contributed by atoms with E-state index in [0.717, 1.165) is 16.6 Å². The quantitative estimate of drug-likeness (QED) is 0.375. The van der Waals surface area contributed by atoms with Crippen molar-refractivity contribution in [3.05, 3.63) is 0 Å². The van der Waals surface area contributed by atoms with Gasteiger partial charge in [0.25, 0.3) is 0 Å². The molecule has 6 heteroatoms. The topological polar surface area (TPSA) is 96.2 Å². The molecule has 2 aliphatic carbocycles. The van der Waals surface area contributed by atoms with Crippen molar-refractivity contribution in [1.29, 1.82) is 5.41 Å². The Balaban J connectivity index is 1.95. The molecule has 5 N–H and O–H groups in total. The largest absolute Gasteiger partial charge is 0.369 e. The van der Waals surface area contributed by atoms with Gasteiger partial charge in [-0.3, -0.25) is 5.41 Å². The minimum absolute atomic E-state index is 0.268. The van der Waals surface area contributed by atoms with Crippen LogP contribution >= 0.6 is 11.9 Å². The second-order valence-corrected chi connectivity index (χ2v) is 5.52. The first-order chi connectivity index (χ1) is 7.08. The number of nitrogens with one attached hydrogen (secondary N) is 1. The Morgan fingerprint density at radius 2 is 2.07 bits per heavy atom. The summed E-state index contributed by atoms with van der Waals surface area (Å²) in [5.74, 6) is 1.23. The fourth-order valence-corrected chi connectivity index (χ4v) is 3.94. The minimum Gasteiger partial charge on any atom is -0.369 e. The summed E-state index contributed by atoms with van der Waals surface area (Å²) in [6, 6.07) is -0.643. The summed E-state index contributed by atoms with van der Waals surface area (Å²) in [7, 11) is 0. The molecule has 15 heavy (non-hydrogen) atoms. The van der Waals surface area contributed by atoms with Crippen LogP contribution in [0.4, 0.5) is 4.79 Å². The van der Waals surface area contributed by atoms with Crippen LogP contribution in [-0.4, -0.2) is 21.5 Å². The van der Waals surface area contributed by atoms with Crippen LogP contribution in [-0.2, 0) is 0 Å². The molecule has 0 radical (unpaired) electrons. The van der Waals surface area contributed by atoms with Gasteiger partial charge >= 0.3 is 6.03 Å². The van der Waals surface area contributed by atoms with E-state index in [9.17, 15) is 4.79 Å². The highest BCUT2D eigenvalue weighted by molar-refractivity contribution is 7.98. The molecule has 2 fully saturated rings. The van der Waals surface area contributed by atoms with E-state index >= 15 is 0 Å². The molecule has 5 nitrogen and oxygen atoms in total. The summed E-state index contributed by atoms with van der Waals surface area (Å²) >= 11 is 1.34. The van der Waals surface area contributed by atoms with Gasteiger partial charge in [-0.1, -0.05) is 6.42 Å². The molecule has 2 aliphatic rings. The molecular weight excluding hydrogens is 212 g/mol. The van der Waals surface area contributed by atoms with E-state index in [2.05, 4.69) is 0 Å². The molecule has 0 aromatic rings. The smallest absolute Gasteiger partial charge is 0.331 e. The number of carbonyl (C=O) groups excluding carboxylic acids is 1. The predicted octanol–water partition coefficient (Wildman–Crippen LogP) is 1.10. The molecule has 2 rings (SSSR count). The zero-order valence-electron chi connectivity index (χ0n) is 8.48. The van der Waals surface area contributed by atoms with Crippen LogP contribution < -0.4 is 11.5 Å². The van der Waals surface area contributed by atoms with Gasteiger partial charge in [-0.25, -0.2) is 9.10 Å². The lowest BCUT2D eigenvalue weighted by Gasteiger charge is -2.26. The highest BCUT2D eigenvalue weighted by Crippen LogP contribution is 2.49. The van der Waals surface area contributed by atoms with Gasteiger partial charge in [0, 0.05) is 5.25 Å². The molecule has 0 saturated heterocycles. The lowest BCUT2D eigenvalue weighted by atomic mass is 10.0. The van der Waals surface area contributed by atoms with Crippen molar-refractivity contribution in [1.82, 2.24) is 4.31 Å². The fraction of sp³-hybridized carbons (Fsp3) is 0.778. The standard InChI is InChI=1S/C9H16N4OS/c10-8(11)13(9(12)14)15-7-4-5-1-2-6(7)3-5/h5-7H,1-4H2,(H3,10,11)(H2,12,14). The average molecular weight is 228 g/mol. The third-order valence-corrected chi connectivity index (χ3v) is 4.77. The number of fused-ring (bicyclic) bond motifs is 2. The van der Waals surface area contributed by atoms with Crippen LogP contribution in [0.5, 0.6) is 0 Å². The van der Waals surface area contributed by atoms with E-state index in [1.165, 1.54) is 31.2 Å². The summed E-state index contributed by atoms with van der Waals surface area (Å²) < 4.78 is 1.10. The van der Waals surface area contributed by atoms with Gasteiger partial charge in [0.1, 0.15) is 0 Å². The van der Waals surface area contributed by atoms with E-state index in [1.54, 1.807) is 0 Å². The maximum absolute atomic E-state index is 11.0. The van der Waals surface area contributed by atoms with Crippen LogP contribution in [0.3, 0.4) is 0 Å². The first-order valence-corrected chi connectivity index (χ1v) is 6.02. The second kappa shape index (κ2) is 3.92. The van der Waals surface area contributed by atoms with E-state index in [4.69, 9.17) is 16.9 Å². The highest BCUT2D eigenvalue weighted by Gasteiger charge is 2.41. The van der Waals surface area contributed by atoms with Crippen LogP contribution in [0.2, 0.25) is 0 Å². The summed E-state index contributed by atoms with van der Waals surface area (Å²) in [4.78, 5) is 11.0. The van der Waals surface area contributed by atoms with Crippen molar-refractivity contribution >= 4 is 23.9 Å². The molecule has 3 atom stereocenters. The molecule has 0 heterocycles. The maximum Gasteiger partial charge on any atom is 0.331 e. The van der Waals surface area contributed by atoms with E-state index < -0.39 is 6.03 Å². The molecular formula is C9H16N4OS. The number of amides is 2. The lowest BCUT2D eigenvalue weighted by molar-refractivity contribution is 0.244. The van der Waals surface area contributed by atoms with Crippen LogP contribution in [0.15, 0.2) is 0 Å². The number of rotatable bonds is 2. The molecule has 0 spiro atoms. The highest BCUT2D eigenvalue weighted by atomic mass is 32.2. The predicted molar refractivity (Wildman–Crippen MR) is 60.2 cm³/mol. The Hall–Kier alpha value is -0.910. The number of nitrogens with zero attached hydrogens (tertiary/aromatic N) is 1. The number of guanidine groups is 1. The fourth-order valence-electron chi connectivity index (χ4n) is 2.68. The van der Waals surface area contributed by atoms with Gasteiger partial charge in [0.2, 0.25) is 5.96 Å². The molecule has 84 valence electrons. The Labute approximate surface area is 93.2 Å². The van der Waals surface area contributed by atoms with Gasteiger partial charge in [-0.2, -0.15) is 0 Å². The summed E-state index contributed by atoms with van der Waals surface area (Å²) in [6.07, 6.45) is 4.96. The third kappa shape index (κ3) is 2.04. The van der Waals surface area contributed by atoms with Gasteiger partial charge < -0.3 is 11.5 Å². The number of hydrogen-bond donors (Lipinski definition) is 3. The molecule has 0 aromatic heterocycles. The van der Waals surface area contributed by atoms with E-state index in [0.29, 0.717) is 11.2 Å². The van der Waals surface area contributed by atoms with Gasteiger partial charge in [0.05, 0.1) is 0 Å². The summed E-state index contributed by atoms with van der Waals surface area (Å²) in [6.45, 7) is 0. The van der Waals surface area contributed by atoms with Crippen molar-refractivity contribution in [2.24, 2.45) is 23.3 Å². The van der Waals surface area contributed by atoms with Crippen molar-refractivity contribution in [2.75, 3.05) is 0 Å². The monoisotopic (exact) mass is 228 g/mol. The number of hydrogen-bond acceptors (Lipinski definition) is 3. The first-order valence-electron chi connectivity index (χ1n) is 5.18. The second-order valence-electron chi connectivity index (χ2n) is 4.34. The van der Waals surface area contributed by atoms with Gasteiger partial charge in [0.15, 0.2) is 0 Å². The number of nitrogens with two attached hydrogens (primary N) is 2. The normalized spacial score (nSPS) is 32.9. The zero-order valence-corrected chi connectivity index (χ0v) is 9.30. The Kier molecular flexibility index (Phi) is 2.77. The Morgan fingerprint density at radius 1 is 1.33 bits per heavy atom. The lowest BCUT2D eigenvalue weighted by Crippen LogP contribution is -2.41. The zero-order chi connectivity index (χ0) is 11.0. The minimum atomic E-state index is -0.643. The third-order valence-electron chi connectivity index (χ3n) is 3.33. The van der Waals surface area contributed by atoms with Crippen LogP contribution in [0, 0.1) is 17.2 Å². The maximum atomic E-state index is 11.0. The molecule has 0 aromatic carbocycles. The first kappa shape index (κ1) is 10.6. The molecule has 0 aliphatic heterocycles. The molecule has 3 unspecified atom stereocenters.